The van der Waals surface area contributed by atoms with Crippen molar-refractivity contribution in [3.63, 3.8) is 0 Å². The highest BCUT2D eigenvalue weighted by molar-refractivity contribution is 5.80. The Morgan fingerprint density at radius 2 is 0.938 bits per heavy atom. The van der Waals surface area contributed by atoms with Crippen LogP contribution in [0.4, 0.5) is 0 Å². The van der Waals surface area contributed by atoms with E-state index in [0.717, 1.165) is 12.8 Å². The predicted octanol–water partition coefficient (Wildman–Crippen LogP) is 5.64. The van der Waals surface area contributed by atoms with Gasteiger partial charge >= 0.3 is 11.9 Å². The molecule has 1 atom stereocenters. The van der Waals surface area contributed by atoms with E-state index in [1.54, 1.807) is 9.80 Å². The summed E-state index contributed by atoms with van der Waals surface area (Å²) in [6.07, 6.45) is 28.1. The number of allylic oxidation sites excluding steroid dienone is 2. The zero-order valence-corrected chi connectivity index (χ0v) is 30.7. The van der Waals surface area contributed by atoms with Crippen LogP contribution < -0.4 is 0 Å². The molecule has 0 aliphatic rings. The largest absolute Gasteiger partial charge is 0.464 e. The first-order chi connectivity index (χ1) is 23.5. The van der Waals surface area contributed by atoms with Crippen LogP contribution >= 0.6 is 0 Å². The molecule has 0 fully saturated rings. The van der Waals surface area contributed by atoms with Gasteiger partial charge in [0.25, 0.3) is 0 Å². The highest BCUT2D eigenvalue weighted by Gasteiger charge is 2.23. The van der Waals surface area contributed by atoms with Gasteiger partial charge in [-0.2, -0.15) is 0 Å². The summed E-state index contributed by atoms with van der Waals surface area (Å²) in [6, 6.07) is 0. The van der Waals surface area contributed by atoms with E-state index in [-0.39, 0.29) is 46.1 Å². The molecule has 48 heavy (non-hydrogen) atoms. The van der Waals surface area contributed by atoms with Gasteiger partial charge in [0.05, 0.1) is 38.8 Å². The zero-order valence-electron chi connectivity index (χ0n) is 30.7. The number of aliphatic hydroxyl groups excluding tert-OH is 4. The zero-order chi connectivity index (χ0) is 35.3. The van der Waals surface area contributed by atoms with Gasteiger partial charge in [0, 0.05) is 39.3 Å². The van der Waals surface area contributed by atoms with Crippen molar-refractivity contribution >= 4 is 11.9 Å². The predicted molar refractivity (Wildman–Crippen MR) is 194 cm³/mol. The fourth-order valence-corrected chi connectivity index (χ4v) is 5.81. The third-order valence-corrected chi connectivity index (χ3v) is 8.80. The van der Waals surface area contributed by atoms with E-state index in [4.69, 9.17) is 19.7 Å². The molecule has 284 valence electrons. The molecular weight excluding hydrogens is 612 g/mol. The maximum atomic E-state index is 12.9. The van der Waals surface area contributed by atoms with Crippen LogP contribution in [0.1, 0.15) is 135 Å². The van der Waals surface area contributed by atoms with Crippen molar-refractivity contribution in [2.24, 2.45) is 5.92 Å². The standard InChI is InChI=1S/C38H74N2O8/c1-2-3-4-5-6-7-8-9-10-11-12-13-14-15-16-17-18-19-20-21-22-36(38(46)48-34-28-40(25-31-43)26-32-44)35-37(45)47-33-27-39(23-29-41)24-30-42/h20-21,36,41-44H,2-19,22-35H2,1H3/b21-20+. The molecule has 1 unspecified atom stereocenters. The smallest absolute Gasteiger partial charge is 0.309 e. The van der Waals surface area contributed by atoms with Crippen molar-refractivity contribution in [2.75, 3.05) is 78.9 Å². The number of hydrogen-bond donors (Lipinski definition) is 4. The van der Waals surface area contributed by atoms with E-state index in [0.29, 0.717) is 45.7 Å². The molecule has 0 radical (unpaired) electrons. The molecule has 10 nitrogen and oxygen atoms in total. The lowest BCUT2D eigenvalue weighted by molar-refractivity contribution is -0.155. The second-order valence-electron chi connectivity index (χ2n) is 13.0. The van der Waals surface area contributed by atoms with Crippen LogP contribution in [0, 0.1) is 5.92 Å². The first-order valence-electron chi connectivity index (χ1n) is 19.4. The number of nitrogens with zero attached hydrogens (tertiary/aromatic N) is 2. The Balaban J connectivity index is 4.32. The number of hydrogen-bond acceptors (Lipinski definition) is 10. The Bertz CT molecular complexity index is 727. The average molecular weight is 687 g/mol. The summed E-state index contributed by atoms with van der Waals surface area (Å²) in [5, 5.41) is 36.7. The molecule has 0 aliphatic heterocycles. The van der Waals surface area contributed by atoms with Crippen LogP contribution in [0.2, 0.25) is 0 Å². The Morgan fingerprint density at radius 1 is 0.542 bits per heavy atom. The highest BCUT2D eigenvalue weighted by Crippen LogP contribution is 2.16. The first-order valence-corrected chi connectivity index (χ1v) is 19.4. The molecule has 0 aromatic heterocycles. The summed E-state index contributed by atoms with van der Waals surface area (Å²) in [6.45, 7) is 4.52. The first kappa shape index (κ1) is 46.4. The number of unbranched alkanes of at least 4 members (excludes halogenated alkanes) is 17. The SMILES string of the molecule is CCCCCCCCCCCCCCCCCCC/C=C/CC(CC(=O)OCCN(CCO)CCO)C(=O)OCCN(CCO)CCO. The lowest BCUT2D eigenvalue weighted by Gasteiger charge is -2.21. The van der Waals surface area contributed by atoms with E-state index >= 15 is 0 Å². The normalized spacial score (nSPS) is 12.4. The monoisotopic (exact) mass is 687 g/mol. The van der Waals surface area contributed by atoms with Gasteiger partial charge in [-0.15, -0.1) is 0 Å². The molecule has 10 heteroatoms. The lowest BCUT2D eigenvalue weighted by atomic mass is 10.0. The molecule has 0 rings (SSSR count). The molecule has 0 saturated carbocycles. The van der Waals surface area contributed by atoms with Crippen molar-refractivity contribution in [1.29, 1.82) is 0 Å². The Kier molecular flexibility index (Phi) is 35.5. The number of carbonyl (C=O) groups is 2. The fourth-order valence-electron chi connectivity index (χ4n) is 5.81. The fraction of sp³-hybridized carbons (Fsp3) is 0.895. The average Bonchev–Trinajstić information content (AvgIpc) is 3.07. The van der Waals surface area contributed by atoms with E-state index < -0.39 is 17.9 Å². The van der Waals surface area contributed by atoms with Gasteiger partial charge in [0.2, 0.25) is 0 Å². The summed E-state index contributed by atoms with van der Waals surface area (Å²) >= 11 is 0. The minimum Gasteiger partial charge on any atom is -0.464 e. The number of aliphatic hydroxyl groups is 4. The minimum absolute atomic E-state index is 0.0539. The van der Waals surface area contributed by atoms with Gasteiger partial charge in [0.15, 0.2) is 0 Å². The Labute approximate surface area is 293 Å². The van der Waals surface area contributed by atoms with Crippen LogP contribution in [0.15, 0.2) is 12.2 Å². The summed E-state index contributed by atoms with van der Waals surface area (Å²) in [4.78, 5) is 29.1. The van der Waals surface area contributed by atoms with Crippen molar-refractivity contribution in [3.8, 4) is 0 Å². The highest BCUT2D eigenvalue weighted by atomic mass is 16.5. The van der Waals surface area contributed by atoms with Crippen molar-refractivity contribution < 1.29 is 39.5 Å². The van der Waals surface area contributed by atoms with E-state index in [1.165, 1.54) is 103 Å². The van der Waals surface area contributed by atoms with Crippen LogP contribution in [0.25, 0.3) is 0 Å². The summed E-state index contributed by atoms with van der Waals surface area (Å²) in [5.41, 5.74) is 0. The third kappa shape index (κ3) is 30.5. The molecule has 4 N–H and O–H groups in total. The van der Waals surface area contributed by atoms with E-state index in [1.807, 2.05) is 6.08 Å². The Morgan fingerprint density at radius 3 is 1.35 bits per heavy atom. The van der Waals surface area contributed by atoms with Gasteiger partial charge in [-0.1, -0.05) is 122 Å². The molecule has 0 saturated heterocycles. The molecule has 0 heterocycles. The number of rotatable bonds is 37. The lowest BCUT2D eigenvalue weighted by Crippen LogP contribution is -2.34. The van der Waals surface area contributed by atoms with Crippen molar-refractivity contribution in [3.05, 3.63) is 12.2 Å². The second-order valence-corrected chi connectivity index (χ2v) is 13.0. The van der Waals surface area contributed by atoms with Gasteiger partial charge in [-0.25, -0.2) is 0 Å². The maximum Gasteiger partial charge on any atom is 0.309 e. The van der Waals surface area contributed by atoms with Crippen LogP contribution in [0.5, 0.6) is 0 Å². The van der Waals surface area contributed by atoms with Crippen LogP contribution in [-0.4, -0.2) is 121 Å². The summed E-state index contributed by atoms with van der Waals surface area (Å²) in [5.74, 6) is -1.63. The van der Waals surface area contributed by atoms with Crippen molar-refractivity contribution in [1.82, 2.24) is 9.80 Å². The topological polar surface area (TPSA) is 140 Å². The number of carbonyl (C=O) groups excluding carboxylic acids is 2. The third-order valence-electron chi connectivity index (χ3n) is 8.80. The van der Waals surface area contributed by atoms with Gasteiger partial charge < -0.3 is 29.9 Å². The van der Waals surface area contributed by atoms with E-state index in [2.05, 4.69) is 13.0 Å². The maximum absolute atomic E-state index is 12.9. The van der Waals surface area contributed by atoms with Crippen molar-refractivity contribution in [2.45, 2.75) is 135 Å². The van der Waals surface area contributed by atoms with Gasteiger partial charge in [-0.3, -0.25) is 19.4 Å². The van der Waals surface area contributed by atoms with Gasteiger partial charge in [0.1, 0.15) is 13.2 Å². The minimum atomic E-state index is -0.667. The summed E-state index contributed by atoms with van der Waals surface area (Å²) < 4.78 is 10.8. The van der Waals surface area contributed by atoms with E-state index in [9.17, 15) is 19.8 Å². The number of ether oxygens (including phenoxy) is 2. The molecule has 0 bridgehead atoms. The molecule has 0 aromatic rings. The molecule has 0 aromatic carbocycles. The number of esters is 2. The van der Waals surface area contributed by atoms with Crippen LogP contribution in [-0.2, 0) is 19.1 Å². The Hall–Kier alpha value is -1.56. The molecule has 0 aliphatic carbocycles. The molecule has 0 spiro atoms. The summed E-state index contributed by atoms with van der Waals surface area (Å²) in [7, 11) is 0. The van der Waals surface area contributed by atoms with Crippen LogP contribution in [0.3, 0.4) is 0 Å². The molecule has 0 amide bonds. The second kappa shape index (κ2) is 36.7. The quantitative estimate of drug-likeness (QED) is 0.0369. The van der Waals surface area contributed by atoms with Gasteiger partial charge in [-0.05, 0) is 19.3 Å². The molecular formula is C38H74N2O8.